The van der Waals surface area contributed by atoms with Gasteiger partial charge in [0.05, 0.1) is 11.6 Å². The predicted octanol–water partition coefficient (Wildman–Crippen LogP) is 3.14. The van der Waals surface area contributed by atoms with Crippen molar-refractivity contribution in [1.82, 2.24) is 14.5 Å². The summed E-state index contributed by atoms with van der Waals surface area (Å²) in [6.07, 6.45) is 4.29. The number of ether oxygens (including phenoxy) is 1. The molecule has 2 aromatic heterocycles. The number of fused-ring (bicyclic) bond motifs is 1. The molecule has 1 N–H and O–H groups in total. The topological polar surface area (TPSA) is 42.8 Å². The lowest BCUT2D eigenvalue weighted by atomic mass is 9.89. The van der Waals surface area contributed by atoms with Gasteiger partial charge >= 0.3 is 0 Å². The van der Waals surface area contributed by atoms with Gasteiger partial charge in [0.1, 0.15) is 0 Å². The maximum absolute atomic E-state index is 5.60. The van der Waals surface area contributed by atoms with Crippen LogP contribution in [0.5, 0.6) is 0 Å². The molecule has 1 saturated carbocycles. The summed E-state index contributed by atoms with van der Waals surface area (Å²) in [5.41, 5.74) is 3.22. The van der Waals surface area contributed by atoms with E-state index in [9.17, 15) is 0 Å². The van der Waals surface area contributed by atoms with E-state index in [1.807, 2.05) is 19.2 Å². The third-order valence-electron chi connectivity index (χ3n) is 3.66. The number of H-pyrrole nitrogens is 1. The lowest BCUT2D eigenvalue weighted by Gasteiger charge is -2.35. The van der Waals surface area contributed by atoms with Gasteiger partial charge in [-0.15, -0.1) is 0 Å². The highest BCUT2D eigenvalue weighted by molar-refractivity contribution is 7.71. The van der Waals surface area contributed by atoms with Crippen molar-refractivity contribution in [2.75, 3.05) is 6.61 Å². The number of pyridine rings is 1. The lowest BCUT2D eigenvalue weighted by molar-refractivity contribution is -0.0191. The molecule has 0 bridgehead atoms. The van der Waals surface area contributed by atoms with Crippen molar-refractivity contribution in [1.29, 1.82) is 0 Å². The van der Waals surface area contributed by atoms with Crippen molar-refractivity contribution in [3.8, 4) is 0 Å². The predicted molar refractivity (Wildman–Crippen MR) is 73.3 cm³/mol. The highest BCUT2D eigenvalue weighted by Gasteiger charge is 2.32. The van der Waals surface area contributed by atoms with E-state index in [0.29, 0.717) is 12.1 Å². The van der Waals surface area contributed by atoms with Crippen LogP contribution in [0.1, 0.15) is 31.4 Å². The third-order valence-corrected chi connectivity index (χ3v) is 3.95. The summed E-state index contributed by atoms with van der Waals surface area (Å²) < 4.78 is 8.52. The van der Waals surface area contributed by atoms with Gasteiger partial charge in [0.15, 0.2) is 10.4 Å². The molecule has 96 valence electrons. The maximum Gasteiger partial charge on any atom is 0.179 e. The first-order chi connectivity index (χ1) is 8.70. The van der Waals surface area contributed by atoms with E-state index in [2.05, 4.69) is 21.5 Å². The van der Waals surface area contributed by atoms with Crippen LogP contribution in [0.3, 0.4) is 0 Å². The van der Waals surface area contributed by atoms with Gasteiger partial charge < -0.3 is 9.72 Å². The minimum absolute atomic E-state index is 0.386. The summed E-state index contributed by atoms with van der Waals surface area (Å²) >= 11 is 5.42. The van der Waals surface area contributed by atoms with Crippen LogP contribution in [0.15, 0.2) is 12.3 Å². The normalized spacial score (nSPS) is 23.2. The molecule has 4 nitrogen and oxygen atoms in total. The molecule has 0 atom stereocenters. The molecule has 2 heterocycles. The summed E-state index contributed by atoms with van der Waals surface area (Å²) in [6, 6.07) is 2.43. The van der Waals surface area contributed by atoms with Gasteiger partial charge in [0, 0.05) is 18.8 Å². The molecule has 0 radical (unpaired) electrons. The molecule has 2 aromatic rings. The largest absolute Gasteiger partial charge is 0.378 e. The van der Waals surface area contributed by atoms with Crippen LogP contribution >= 0.6 is 12.2 Å². The van der Waals surface area contributed by atoms with Crippen molar-refractivity contribution < 1.29 is 4.74 Å². The van der Waals surface area contributed by atoms with E-state index in [1.165, 1.54) is 5.56 Å². The van der Waals surface area contributed by atoms with E-state index in [4.69, 9.17) is 17.0 Å². The number of hydrogen-bond acceptors (Lipinski definition) is 3. The van der Waals surface area contributed by atoms with Gasteiger partial charge in [-0.25, -0.2) is 4.98 Å². The Kier molecular flexibility index (Phi) is 2.95. The van der Waals surface area contributed by atoms with Crippen LogP contribution in [-0.4, -0.2) is 27.2 Å². The summed E-state index contributed by atoms with van der Waals surface area (Å²) in [5.74, 6) is 0. The molecule has 5 heteroatoms. The number of hydrogen-bond donors (Lipinski definition) is 1. The Hall–Kier alpha value is -1.20. The van der Waals surface area contributed by atoms with Crippen molar-refractivity contribution >= 4 is 23.4 Å². The van der Waals surface area contributed by atoms with Crippen molar-refractivity contribution in [3.63, 3.8) is 0 Å². The SMILES string of the molecule is CCOC1CC(n2c(=S)[nH]c3c(C)ccnc32)C1. The van der Waals surface area contributed by atoms with E-state index < -0.39 is 0 Å². The van der Waals surface area contributed by atoms with Gasteiger partial charge in [-0.05, 0) is 50.5 Å². The standard InChI is InChI=1S/C13H17N3OS/c1-3-17-10-6-9(7-10)16-12-11(15-13(16)18)8(2)4-5-14-12/h4-5,9-10H,3,6-7H2,1-2H3,(H,15,18). The van der Waals surface area contributed by atoms with Crippen LogP contribution in [0.4, 0.5) is 0 Å². The fraction of sp³-hybridized carbons (Fsp3) is 0.538. The average molecular weight is 263 g/mol. The van der Waals surface area contributed by atoms with Crippen LogP contribution < -0.4 is 0 Å². The number of imidazole rings is 1. The summed E-state index contributed by atoms with van der Waals surface area (Å²) in [6.45, 7) is 4.90. The van der Waals surface area contributed by atoms with Crippen LogP contribution in [0.25, 0.3) is 11.2 Å². The van der Waals surface area contributed by atoms with Gasteiger partial charge in [0.25, 0.3) is 0 Å². The second kappa shape index (κ2) is 4.48. The quantitative estimate of drug-likeness (QED) is 0.865. The first kappa shape index (κ1) is 11.9. The second-order valence-electron chi connectivity index (χ2n) is 4.83. The van der Waals surface area contributed by atoms with Crippen molar-refractivity contribution in [2.45, 2.75) is 38.8 Å². The van der Waals surface area contributed by atoms with E-state index >= 15 is 0 Å². The molecule has 18 heavy (non-hydrogen) atoms. The number of aryl methyl sites for hydroxylation is 1. The molecule has 1 aliphatic carbocycles. The average Bonchev–Trinajstić information content (AvgIpc) is 2.62. The Morgan fingerprint density at radius 3 is 3.06 bits per heavy atom. The summed E-state index contributed by atoms with van der Waals surface area (Å²) in [4.78, 5) is 7.73. The van der Waals surface area contributed by atoms with Gasteiger partial charge in [0.2, 0.25) is 0 Å². The molecule has 0 saturated heterocycles. The molecule has 0 unspecified atom stereocenters. The smallest absolute Gasteiger partial charge is 0.179 e. The fourth-order valence-corrected chi connectivity index (χ4v) is 2.94. The Morgan fingerprint density at radius 2 is 2.33 bits per heavy atom. The molecule has 3 rings (SSSR count). The zero-order valence-corrected chi connectivity index (χ0v) is 11.5. The minimum atomic E-state index is 0.386. The zero-order chi connectivity index (χ0) is 12.7. The van der Waals surface area contributed by atoms with Gasteiger partial charge in [-0.3, -0.25) is 4.57 Å². The molecule has 0 aliphatic heterocycles. The monoisotopic (exact) mass is 263 g/mol. The lowest BCUT2D eigenvalue weighted by Crippen LogP contribution is -2.33. The minimum Gasteiger partial charge on any atom is -0.378 e. The second-order valence-corrected chi connectivity index (χ2v) is 5.22. The first-order valence-electron chi connectivity index (χ1n) is 6.38. The van der Waals surface area contributed by atoms with Crippen molar-refractivity contribution in [3.05, 3.63) is 22.6 Å². The Balaban J connectivity index is 1.96. The molecular weight excluding hydrogens is 246 g/mol. The van der Waals surface area contributed by atoms with E-state index in [1.54, 1.807) is 0 Å². The first-order valence-corrected chi connectivity index (χ1v) is 6.79. The Morgan fingerprint density at radius 1 is 1.56 bits per heavy atom. The number of aromatic nitrogens is 3. The fourth-order valence-electron chi connectivity index (χ4n) is 2.60. The number of rotatable bonds is 3. The third kappa shape index (κ3) is 1.78. The van der Waals surface area contributed by atoms with E-state index in [0.717, 1.165) is 35.4 Å². The molecule has 1 fully saturated rings. The number of nitrogens with zero attached hydrogens (tertiary/aromatic N) is 2. The molecule has 1 aliphatic rings. The molecule has 0 spiro atoms. The van der Waals surface area contributed by atoms with Crippen LogP contribution in [0.2, 0.25) is 0 Å². The summed E-state index contributed by atoms with van der Waals surface area (Å²) in [7, 11) is 0. The van der Waals surface area contributed by atoms with E-state index in [-0.39, 0.29) is 0 Å². The van der Waals surface area contributed by atoms with Gasteiger partial charge in [-0.2, -0.15) is 0 Å². The Labute approximate surface area is 111 Å². The summed E-state index contributed by atoms with van der Waals surface area (Å²) in [5, 5.41) is 0. The number of nitrogens with one attached hydrogen (secondary N) is 1. The zero-order valence-electron chi connectivity index (χ0n) is 10.6. The van der Waals surface area contributed by atoms with Crippen LogP contribution in [0, 0.1) is 11.7 Å². The van der Waals surface area contributed by atoms with Crippen molar-refractivity contribution in [2.24, 2.45) is 0 Å². The Bertz CT molecular complexity index is 625. The maximum atomic E-state index is 5.60. The molecule has 0 aromatic carbocycles. The molecule has 0 amide bonds. The number of aromatic amines is 1. The van der Waals surface area contributed by atoms with Crippen LogP contribution in [-0.2, 0) is 4.74 Å². The highest BCUT2D eigenvalue weighted by atomic mass is 32.1. The van der Waals surface area contributed by atoms with Gasteiger partial charge in [-0.1, -0.05) is 0 Å². The molecular formula is C13H17N3OS. The highest BCUT2D eigenvalue weighted by Crippen LogP contribution is 2.36.